The van der Waals surface area contributed by atoms with Crippen LogP contribution in [0.2, 0.25) is 0 Å². The van der Waals surface area contributed by atoms with E-state index >= 15 is 0 Å². The smallest absolute Gasteiger partial charge is 0.244 e. The van der Waals surface area contributed by atoms with E-state index in [1.807, 2.05) is 19.1 Å². The van der Waals surface area contributed by atoms with Crippen molar-refractivity contribution in [3.63, 3.8) is 0 Å². The molecule has 3 N–H and O–H groups in total. The fraction of sp³-hybridized carbons (Fsp3) is 0.267. The van der Waals surface area contributed by atoms with Gasteiger partial charge in [0.1, 0.15) is 5.75 Å². The van der Waals surface area contributed by atoms with Crippen LogP contribution in [-0.4, -0.2) is 19.1 Å². The van der Waals surface area contributed by atoms with Crippen molar-refractivity contribution in [3.8, 4) is 5.75 Å². The zero-order valence-electron chi connectivity index (χ0n) is 11.2. The van der Waals surface area contributed by atoms with Gasteiger partial charge in [-0.1, -0.05) is 19.1 Å². The van der Waals surface area contributed by atoms with Crippen LogP contribution in [0.4, 0.5) is 5.69 Å². The van der Waals surface area contributed by atoms with Crippen LogP contribution in [0.25, 0.3) is 6.08 Å². The largest absolute Gasteiger partial charge is 0.491 e. The fourth-order valence-electron chi connectivity index (χ4n) is 1.42. The van der Waals surface area contributed by atoms with Crippen LogP contribution < -0.4 is 15.8 Å². The average Bonchev–Trinajstić information content (AvgIpc) is 2.41. The number of amides is 1. The van der Waals surface area contributed by atoms with E-state index in [1.165, 1.54) is 6.08 Å². The van der Waals surface area contributed by atoms with E-state index in [1.54, 1.807) is 18.2 Å². The average molecular weight is 260 g/mol. The number of carbonyl (C=O) groups is 1. The summed E-state index contributed by atoms with van der Waals surface area (Å²) in [5, 5.41) is 2.66. The van der Waals surface area contributed by atoms with Gasteiger partial charge < -0.3 is 15.8 Å². The summed E-state index contributed by atoms with van der Waals surface area (Å²) < 4.78 is 5.48. The van der Waals surface area contributed by atoms with Gasteiger partial charge in [0.05, 0.1) is 12.3 Å². The van der Waals surface area contributed by atoms with Crippen LogP contribution in [0.1, 0.15) is 18.9 Å². The Labute approximate surface area is 114 Å². The van der Waals surface area contributed by atoms with E-state index in [-0.39, 0.29) is 5.91 Å². The molecule has 0 spiro atoms. The molecule has 4 nitrogen and oxygen atoms in total. The molecular formula is C15H20N2O2. The van der Waals surface area contributed by atoms with Gasteiger partial charge in [0.25, 0.3) is 0 Å². The van der Waals surface area contributed by atoms with Gasteiger partial charge in [-0.2, -0.15) is 0 Å². The van der Waals surface area contributed by atoms with Gasteiger partial charge in [-0.3, -0.25) is 4.79 Å². The number of ether oxygens (including phenoxy) is 1. The van der Waals surface area contributed by atoms with E-state index < -0.39 is 0 Å². The fourth-order valence-corrected chi connectivity index (χ4v) is 1.42. The maximum Gasteiger partial charge on any atom is 0.244 e. The molecule has 0 bridgehead atoms. The summed E-state index contributed by atoms with van der Waals surface area (Å²) in [5.41, 5.74) is 7.30. The van der Waals surface area contributed by atoms with Crippen molar-refractivity contribution < 1.29 is 9.53 Å². The summed E-state index contributed by atoms with van der Waals surface area (Å²) in [4.78, 5) is 11.4. The van der Waals surface area contributed by atoms with Crippen LogP contribution in [0.5, 0.6) is 5.75 Å². The molecular weight excluding hydrogens is 240 g/mol. The van der Waals surface area contributed by atoms with Crippen molar-refractivity contribution in [1.82, 2.24) is 5.32 Å². The number of hydrogen-bond donors (Lipinski definition) is 2. The standard InChI is InChI=1S/C15H20N2O2/c1-3-9-17-15(18)8-6-12-5-7-14(13(16)11-12)19-10-4-2/h3,5-8,11H,1,4,9-10,16H2,2H3,(H,17,18)/b8-6-. The second-order valence-electron chi connectivity index (χ2n) is 4.01. The van der Waals surface area contributed by atoms with Crippen molar-refractivity contribution in [2.45, 2.75) is 13.3 Å². The number of nitrogens with two attached hydrogens (primary N) is 1. The molecule has 0 aliphatic heterocycles. The van der Waals surface area contributed by atoms with Gasteiger partial charge in [-0.05, 0) is 30.2 Å². The molecule has 1 amide bonds. The van der Waals surface area contributed by atoms with Crippen LogP contribution in [0, 0.1) is 0 Å². The van der Waals surface area contributed by atoms with Gasteiger partial charge in [-0.25, -0.2) is 0 Å². The van der Waals surface area contributed by atoms with E-state index in [2.05, 4.69) is 11.9 Å². The number of carbonyl (C=O) groups excluding carboxylic acids is 1. The lowest BCUT2D eigenvalue weighted by Crippen LogP contribution is -2.20. The second-order valence-corrected chi connectivity index (χ2v) is 4.01. The molecule has 19 heavy (non-hydrogen) atoms. The zero-order valence-corrected chi connectivity index (χ0v) is 11.2. The molecule has 0 atom stereocenters. The number of anilines is 1. The van der Waals surface area contributed by atoms with Crippen LogP contribution in [-0.2, 0) is 4.79 Å². The number of rotatable bonds is 7. The van der Waals surface area contributed by atoms with E-state index in [4.69, 9.17) is 10.5 Å². The topological polar surface area (TPSA) is 64.3 Å². The van der Waals surface area contributed by atoms with Crippen molar-refractivity contribution in [1.29, 1.82) is 0 Å². The molecule has 0 heterocycles. The Morgan fingerprint density at radius 3 is 2.95 bits per heavy atom. The number of nitrogen functional groups attached to an aromatic ring is 1. The summed E-state index contributed by atoms with van der Waals surface area (Å²) in [5.74, 6) is 0.514. The first kappa shape index (κ1) is 14.8. The molecule has 0 aliphatic carbocycles. The molecule has 0 unspecified atom stereocenters. The van der Waals surface area contributed by atoms with Crippen molar-refractivity contribution in [2.24, 2.45) is 0 Å². The lowest BCUT2D eigenvalue weighted by molar-refractivity contribution is -0.116. The molecule has 0 aliphatic rings. The Hall–Kier alpha value is -2.23. The quantitative estimate of drug-likeness (QED) is 0.449. The molecule has 1 aromatic carbocycles. The van der Waals surface area contributed by atoms with E-state index in [9.17, 15) is 4.79 Å². The third-order valence-corrected chi connectivity index (χ3v) is 2.34. The third-order valence-electron chi connectivity index (χ3n) is 2.34. The van der Waals surface area contributed by atoms with Gasteiger partial charge in [-0.15, -0.1) is 6.58 Å². The highest BCUT2D eigenvalue weighted by molar-refractivity contribution is 5.91. The minimum Gasteiger partial charge on any atom is -0.491 e. The molecule has 102 valence electrons. The van der Waals surface area contributed by atoms with Gasteiger partial charge in [0.2, 0.25) is 5.91 Å². The lowest BCUT2D eigenvalue weighted by atomic mass is 10.1. The second kappa shape index (κ2) is 7.97. The minimum absolute atomic E-state index is 0.162. The highest BCUT2D eigenvalue weighted by Crippen LogP contribution is 2.23. The Bertz CT molecular complexity index is 467. The highest BCUT2D eigenvalue weighted by Gasteiger charge is 2.00. The van der Waals surface area contributed by atoms with Crippen molar-refractivity contribution in [2.75, 3.05) is 18.9 Å². The van der Waals surface area contributed by atoms with Crippen LogP contribution in [0.15, 0.2) is 36.9 Å². The summed E-state index contributed by atoms with van der Waals surface area (Å²) in [6.45, 7) is 6.66. The number of hydrogen-bond acceptors (Lipinski definition) is 3. The van der Waals surface area contributed by atoms with Gasteiger partial charge >= 0.3 is 0 Å². The summed E-state index contributed by atoms with van der Waals surface area (Å²) in [6, 6.07) is 5.45. The van der Waals surface area contributed by atoms with E-state index in [0.29, 0.717) is 24.6 Å². The Balaban J connectivity index is 2.64. The Morgan fingerprint density at radius 2 is 2.32 bits per heavy atom. The third kappa shape index (κ3) is 5.29. The Kier molecular flexibility index (Phi) is 6.22. The first-order valence-electron chi connectivity index (χ1n) is 6.26. The molecule has 0 saturated heterocycles. The number of benzene rings is 1. The van der Waals surface area contributed by atoms with Crippen molar-refractivity contribution >= 4 is 17.7 Å². The molecule has 1 rings (SSSR count). The van der Waals surface area contributed by atoms with Gasteiger partial charge in [0, 0.05) is 12.6 Å². The predicted molar refractivity (Wildman–Crippen MR) is 78.9 cm³/mol. The van der Waals surface area contributed by atoms with Gasteiger partial charge in [0.15, 0.2) is 0 Å². The van der Waals surface area contributed by atoms with E-state index in [0.717, 1.165) is 12.0 Å². The Morgan fingerprint density at radius 1 is 1.53 bits per heavy atom. The first-order valence-corrected chi connectivity index (χ1v) is 6.26. The highest BCUT2D eigenvalue weighted by atomic mass is 16.5. The SMILES string of the molecule is C=CCNC(=O)/C=C\c1ccc(OCCC)c(N)c1. The molecule has 0 saturated carbocycles. The van der Waals surface area contributed by atoms with Crippen LogP contribution in [0.3, 0.4) is 0 Å². The first-order chi connectivity index (χ1) is 9.17. The molecule has 4 heteroatoms. The van der Waals surface area contributed by atoms with Crippen LogP contribution >= 0.6 is 0 Å². The summed E-state index contributed by atoms with van der Waals surface area (Å²) >= 11 is 0. The summed E-state index contributed by atoms with van der Waals surface area (Å²) in [7, 11) is 0. The maximum absolute atomic E-state index is 11.4. The van der Waals surface area contributed by atoms with Crippen molar-refractivity contribution in [3.05, 3.63) is 42.5 Å². The molecule has 0 radical (unpaired) electrons. The minimum atomic E-state index is -0.162. The number of nitrogens with one attached hydrogen (secondary N) is 1. The lowest BCUT2D eigenvalue weighted by Gasteiger charge is -2.08. The zero-order chi connectivity index (χ0) is 14.1. The summed E-state index contributed by atoms with van der Waals surface area (Å²) in [6.07, 6.45) is 5.73. The molecule has 1 aromatic rings. The monoisotopic (exact) mass is 260 g/mol. The molecule has 0 aromatic heterocycles. The normalized spacial score (nSPS) is 10.4. The molecule has 0 fully saturated rings. The predicted octanol–water partition coefficient (Wildman–Crippen LogP) is 2.37. The maximum atomic E-state index is 11.4.